The Labute approximate surface area is 122 Å². The van der Waals surface area contributed by atoms with E-state index in [-0.39, 0.29) is 5.54 Å². The first kappa shape index (κ1) is 13.9. The number of ether oxygens (including phenoxy) is 1. The number of rotatable bonds is 4. The first-order valence-electron chi connectivity index (χ1n) is 7.88. The van der Waals surface area contributed by atoms with Crippen LogP contribution in [0.4, 0.5) is 5.69 Å². The molecule has 2 atom stereocenters. The molecule has 0 spiro atoms. The van der Waals surface area contributed by atoms with Gasteiger partial charge in [0.05, 0.1) is 6.10 Å². The number of nitrogens with zero attached hydrogens (tertiary/aromatic N) is 1. The Kier molecular flexibility index (Phi) is 3.99. The first-order chi connectivity index (χ1) is 9.69. The summed E-state index contributed by atoms with van der Waals surface area (Å²) in [6.45, 7) is 8.66. The highest BCUT2D eigenvalue weighted by atomic mass is 16.5. The molecule has 3 heteroatoms. The summed E-state index contributed by atoms with van der Waals surface area (Å²) >= 11 is 0. The molecule has 2 aliphatic rings. The van der Waals surface area contributed by atoms with Crippen molar-refractivity contribution < 1.29 is 4.74 Å². The molecule has 0 amide bonds. The molecule has 3 nitrogen and oxygen atoms in total. The molecule has 0 aromatic heterocycles. The second-order valence-corrected chi connectivity index (χ2v) is 6.36. The van der Waals surface area contributed by atoms with E-state index in [1.54, 1.807) is 0 Å². The molecule has 1 N–H and O–H groups in total. The van der Waals surface area contributed by atoms with Gasteiger partial charge in [-0.15, -0.1) is 0 Å². The Morgan fingerprint density at radius 2 is 2.05 bits per heavy atom. The molecule has 2 unspecified atom stereocenters. The molecule has 0 radical (unpaired) electrons. The van der Waals surface area contributed by atoms with Crippen molar-refractivity contribution in [2.24, 2.45) is 0 Å². The molecule has 110 valence electrons. The molecular formula is C17H26N2O. The fourth-order valence-corrected chi connectivity index (χ4v) is 3.29. The lowest BCUT2D eigenvalue weighted by atomic mass is 9.94. The predicted molar refractivity (Wildman–Crippen MR) is 83.2 cm³/mol. The molecule has 2 aliphatic heterocycles. The fraction of sp³-hybridized carbons (Fsp3) is 0.647. The van der Waals surface area contributed by atoms with Crippen LogP contribution in [0.15, 0.2) is 24.3 Å². The van der Waals surface area contributed by atoms with Gasteiger partial charge in [0.25, 0.3) is 0 Å². The van der Waals surface area contributed by atoms with Gasteiger partial charge in [0.2, 0.25) is 0 Å². The average molecular weight is 274 g/mol. The van der Waals surface area contributed by atoms with E-state index in [1.165, 1.54) is 37.2 Å². The number of para-hydroxylation sites is 1. The highest BCUT2D eigenvalue weighted by Crippen LogP contribution is 2.28. The van der Waals surface area contributed by atoms with Gasteiger partial charge < -0.3 is 15.0 Å². The maximum Gasteiger partial charge on any atom is 0.0726 e. The minimum Gasteiger partial charge on any atom is -0.377 e. The van der Waals surface area contributed by atoms with E-state index in [1.807, 2.05) is 0 Å². The van der Waals surface area contributed by atoms with Crippen molar-refractivity contribution in [3.8, 4) is 0 Å². The molecule has 1 aromatic rings. The minimum atomic E-state index is 0.109. The van der Waals surface area contributed by atoms with Crippen LogP contribution < -0.4 is 10.2 Å². The van der Waals surface area contributed by atoms with E-state index < -0.39 is 0 Å². The smallest absolute Gasteiger partial charge is 0.0726 e. The Bertz CT molecular complexity index is 456. The van der Waals surface area contributed by atoms with Gasteiger partial charge in [0.15, 0.2) is 0 Å². The first-order valence-corrected chi connectivity index (χ1v) is 7.88. The lowest BCUT2D eigenvalue weighted by Gasteiger charge is -2.30. The lowest BCUT2D eigenvalue weighted by molar-refractivity contribution is 0.0881. The third-order valence-electron chi connectivity index (χ3n) is 5.01. The highest BCUT2D eigenvalue weighted by molar-refractivity contribution is 5.54. The van der Waals surface area contributed by atoms with Gasteiger partial charge in [0, 0.05) is 37.5 Å². The third kappa shape index (κ3) is 2.70. The monoisotopic (exact) mass is 274 g/mol. The molecule has 0 bridgehead atoms. The zero-order valence-electron chi connectivity index (χ0n) is 12.7. The average Bonchev–Trinajstić information content (AvgIpc) is 3.09. The number of hydrogen-bond donors (Lipinski definition) is 1. The molecule has 20 heavy (non-hydrogen) atoms. The fourth-order valence-electron chi connectivity index (χ4n) is 3.29. The second kappa shape index (κ2) is 5.74. The molecule has 2 fully saturated rings. The third-order valence-corrected chi connectivity index (χ3v) is 5.01. The quantitative estimate of drug-likeness (QED) is 0.913. The lowest BCUT2D eigenvalue weighted by Crippen LogP contribution is -2.47. The van der Waals surface area contributed by atoms with Gasteiger partial charge in [-0.3, -0.25) is 0 Å². The standard InChI is InChI=1S/C17H26N2O/c1-14-17(2,9-12-20-14)18-13-15-7-3-4-8-16(15)19-10-5-6-11-19/h3-4,7-8,14,18H,5-6,9-13H2,1-2H3. The van der Waals surface area contributed by atoms with E-state index in [2.05, 4.69) is 48.3 Å². The van der Waals surface area contributed by atoms with E-state index in [4.69, 9.17) is 4.74 Å². The Morgan fingerprint density at radius 3 is 2.75 bits per heavy atom. The van der Waals surface area contributed by atoms with Gasteiger partial charge >= 0.3 is 0 Å². The zero-order valence-corrected chi connectivity index (χ0v) is 12.7. The van der Waals surface area contributed by atoms with Gasteiger partial charge in [-0.25, -0.2) is 0 Å². The second-order valence-electron chi connectivity index (χ2n) is 6.36. The van der Waals surface area contributed by atoms with Gasteiger partial charge in [-0.2, -0.15) is 0 Å². The summed E-state index contributed by atoms with van der Waals surface area (Å²) in [6, 6.07) is 8.82. The van der Waals surface area contributed by atoms with Crippen LogP contribution in [0.1, 0.15) is 38.7 Å². The van der Waals surface area contributed by atoms with Crippen LogP contribution in [0.3, 0.4) is 0 Å². The minimum absolute atomic E-state index is 0.109. The van der Waals surface area contributed by atoms with Crippen molar-refractivity contribution in [1.82, 2.24) is 5.32 Å². The van der Waals surface area contributed by atoms with Gasteiger partial charge in [-0.05, 0) is 44.7 Å². The highest BCUT2D eigenvalue weighted by Gasteiger charge is 2.36. The normalized spacial score (nSPS) is 30.1. The van der Waals surface area contributed by atoms with Crippen molar-refractivity contribution in [3.63, 3.8) is 0 Å². The van der Waals surface area contributed by atoms with Gasteiger partial charge in [-0.1, -0.05) is 18.2 Å². The Hall–Kier alpha value is -1.06. The van der Waals surface area contributed by atoms with Crippen LogP contribution in [0.25, 0.3) is 0 Å². The molecular weight excluding hydrogens is 248 g/mol. The van der Waals surface area contributed by atoms with Crippen LogP contribution >= 0.6 is 0 Å². The SMILES string of the molecule is CC1OCCC1(C)NCc1ccccc1N1CCCC1. The maximum absolute atomic E-state index is 5.71. The van der Waals surface area contributed by atoms with E-state index in [0.29, 0.717) is 6.10 Å². The van der Waals surface area contributed by atoms with Crippen molar-refractivity contribution in [2.45, 2.75) is 51.3 Å². The number of anilines is 1. The van der Waals surface area contributed by atoms with Crippen molar-refractivity contribution in [1.29, 1.82) is 0 Å². The Balaban J connectivity index is 1.71. The predicted octanol–water partition coefficient (Wildman–Crippen LogP) is 2.94. The van der Waals surface area contributed by atoms with Crippen LogP contribution in [-0.2, 0) is 11.3 Å². The van der Waals surface area contributed by atoms with E-state index in [9.17, 15) is 0 Å². The summed E-state index contributed by atoms with van der Waals surface area (Å²) in [6.07, 6.45) is 4.04. The number of benzene rings is 1. The molecule has 2 heterocycles. The van der Waals surface area contributed by atoms with Crippen molar-refractivity contribution in [2.75, 3.05) is 24.6 Å². The van der Waals surface area contributed by atoms with Crippen molar-refractivity contribution in [3.05, 3.63) is 29.8 Å². The molecule has 0 saturated carbocycles. The van der Waals surface area contributed by atoms with Crippen molar-refractivity contribution >= 4 is 5.69 Å². The number of hydrogen-bond acceptors (Lipinski definition) is 3. The Morgan fingerprint density at radius 1 is 1.30 bits per heavy atom. The van der Waals surface area contributed by atoms with Crippen LogP contribution in [0.2, 0.25) is 0 Å². The van der Waals surface area contributed by atoms with Crippen LogP contribution in [-0.4, -0.2) is 31.3 Å². The van der Waals surface area contributed by atoms with Crippen LogP contribution in [0, 0.1) is 0 Å². The largest absolute Gasteiger partial charge is 0.377 e. The molecule has 1 aromatic carbocycles. The summed E-state index contributed by atoms with van der Waals surface area (Å²) in [4.78, 5) is 2.52. The van der Waals surface area contributed by atoms with Crippen LogP contribution in [0.5, 0.6) is 0 Å². The molecule has 2 saturated heterocycles. The molecule has 3 rings (SSSR count). The topological polar surface area (TPSA) is 24.5 Å². The summed E-state index contributed by atoms with van der Waals surface area (Å²) in [5.41, 5.74) is 2.93. The van der Waals surface area contributed by atoms with E-state index >= 15 is 0 Å². The zero-order chi connectivity index (χ0) is 14.0. The van der Waals surface area contributed by atoms with E-state index in [0.717, 1.165) is 19.6 Å². The summed E-state index contributed by atoms with van der Waals surface area (Å²) in [7, 11) is 0. The summed E-state index contributed by atoms with van der Waals surface area (Å²) in [5, 5.41) is 3.74. The number of nitrogens with one attached hydrogen (secondary N) is 1. The maximum atomic E-state index is 5.71. The summed E-state index contributed by atoms with van der Waals surface area (Å²) < 4.78 is 5.71. The van der Waals surface area contributed by atoms with Gasteiger partial charge in [0.1, 0.15) is 0 Å². The molecule has 0 aliphatic carbocycles. The summed E-state index contributed by atoms with van der Waals surface area (Å²) in [5.74, 6) is 0.